The first-order valence-corrected chi connectivity index (χ1v) is 21.8. The first-order chi connectivity index (χ1) is 25.0. The van der Waals surface area contributed by atoms with E-state index >= 15 is 0 Å². The van der Waals surface area contributed by atoms with Crippen molar-refractivity contribution in [3.63, 3.8) is 0 Å². The van der Waals surface area contributed by atoms with E-state index in [1.165, 1.54) is 109 Å². The van der Waals surface area contributed by atoms with Crippen molar-refractivity contribution in [1.29, 1.82) is 0 Å². The van der Waals surface area contributed by atoms with Gasteiger partial charge in [-0.2, -0.15) is 0 Å². The summed E-state index contributed by atoms with van der Waals surface area (Å²) < 4.78 is 16.6. The lowest BCUT2D eigenvalue weighted by Crippen LogP contribution is -2.30. The summed E-state index contributed by atoms with van der Waals surface area (Å²) in [5.41, 5.74) is 0. The van der Waals surface area contributed by atoms with E-state index in [1.54, 1.807) is 0 Å². The Hall–Kier alpha value is -2.11. The summed E-state index contributed by atoms with van der Waals surface area (Å²) in [6.45, 7) is 6.54. The number of unbranched alkanes of at least 4 members (excludes halogenated alkanes) is 24. The monoisotopic (exact) mass is 719 g/mol. The third kappa shape index (κ3) is 38.9. The maximum Gasteiger partial charge on any atom is 0.306 e. The molecule has 0 aliphatic carbocycles. The number of carbonyl (C=O) groups is 3. The van der Waals surface area contributed by atoms with Gasteiger partial charge < -0.3 is 14.2 Å². The molecule has 0 saturated carbocycles. The molecular weight excluding hydrogens is 636 g/mol. The Labute approximate surface area is 315 Å². The van der Waals surface area contributed by atoms with Crippen LogP contribution in [0.3, 0.4) is 0 Å². The molecule has 0 heterocycles. The first kappa shape index (κ1) is 48.9. The number of hydrogen-bond donors (Lipinski definition) is 0. The van der Waals surface area contributed by atoms with Gasteiger partial charge in [0, 0.05) is 19.3 Å². The zero-order valence-corrected chi connectivity index (χ0v) is 33.9. The van der Waals surface area contributed by atoms with Crippen molar-refractivity contribution >= 4 is 17.9 Å². The minimum Gasteiger partial charge on any atom is -0.462 e. The molecule has 0 spiro atoms. The lowest BCUT2D eigenvalue weighted by atomic mass is 10.1. The van der Waals surface area contributed by atoms with Gasteiger partial charge in [0.1, 0.15) is 13.2 Å². The molecule has 0 radical (unpaired) electrons. The van der Waals surface area contributed by atoms with Gasteiger partial charge in [0.2, 0.25) is 0 Å². The van der Waals surface area contributed by atoms with Crippen LogP contribution in [0.25, 0.3) is 0 Å². The predicted octanol–water partition coefficient (Wildman–Crippen LogP) is 13.6. The molecule has 51 heavy (non-hydrogen) atoms. The van der Waals surface area contributed by atoms with Gasteiger partial charge in [-0.3, -0.25) is 14.4 Å². The summed E-state index contributed by atoms with van der Waals surface area (Å²) in [6, 6.07) is 0. The fourth-order valence-electron chi connectivity index (χ4n) is 6.06. The summed E-state index contributed by atoms with van der Waals surface area (Å²) >= 11 is 0. The van der Waals surface area contributed by atoms with Crippen molar-refractivity contribution in [1.82, 2.24) is 0 Å². The summed E-state index contributed by atoms with van der Waals surface area (Å²) in [5.74, 6) is -0.896. The van der Waals surface area contributed by atoms with Crippen molar-refractivity contribution in [3.05, 3.63) is 24.3 Å². The molecule has 0 unspecified atom stereocenters. The summed E-state index contributed by atoms with van der Waals surface area (Å²) in [4.78, 5) is 37.6. The van der Waals surface area contributed by atoms with Crippen LogP contribution >= 0.6 is 0 Å². The van der Waals surface area contributed by atoms with Gasteiger partial charge in [-0.25, -0.2) is 0 Å². The molecule has 0 aromatic carbocycles. The maximum absolute atomic E-state index is 12.7. The highest BCUT2D eigenvalue weighted by molar-refractivity contribution is 5.71. The second-order valence-corrected chi connectivity index (χ2v) is 14.6. The third-order valence-corrected chi connectivity index (χ3v) is 9.43. The number of esters is 3. The van der Waals surface area contributed by atoms with Crippen LogP contribution < -0.4 is 0 Å². The fourth-order valence-corrected chi connectivity index (χ4v) is 6.06. The van der Waals surface area contributed by atoms with E-state index < -0.39 is 6.10 Å². The average Bonchev–Trinajstić information content (AvgIpc) is 3.12. The standard InChI is InChI=1S/C45H82O6/c1-4-7-10-13-16-19-21-22-24-26-29-32-35-38-44(47)50-41-42(40-49-43(46)37-34-31-28-25-18-15-12-9-6-3)51-45(48)39-36-33-30-27-23-20-17-14-11-8-5-2/h14,17,19,21,42H,4-13,15-16,18,20,22-41H2,1-3H3/b17-14+,21-19+/t42-/m1/s1. The molecule has 0 aliphatic rings. The Bertz CT molecular complexity index is 835. The molecule has 6 nitrogen and oxygen atoms in total. The Balaban J connectivity index is 4.37. The van der Waals surface area contributed by atoms with E-state index in [2.05, 4.69) is 45.1 Å². The number of allylic oxidation sites excluding steroid dienone is 4. The lowest BCUT2D eigenvalue weighted by molar-refractivity contribution is -0.167. The fraction of sp³-hybridized carbons (Fsp3) is 0.844. The highest BCUT2D eigenvalue weighted by atomic mass is 16.6. The van der Waals surface area contributed by atoms with Crippen LogP contribution in [0.15, 0.2) is 24.3 Å². The zero-order chi connectivity index (χ0) is 37.3. The molecule has 0 amide bonds. The van der Waals surface area contributed by atoms with Crippen LogP contribution in [0.4, 0.5) is 0 Å². The van der Waals surface area contributed by atoms with E-state index in [0.717, 1.165) is 77.0 Å². The number of rotatable bonds is 39. The molecule has 0 saturated heterocycles. The highest BCUT2D eigenvalue weighted by Gasteiger charge is 2.19. The maximum atomic E-state index is 12.7. The van der Waals surface area contributed by atoms with Crippen LogP contribution in [-0.4, -0.2) is 37.2 Å². The molecule has 0 aromatic heterocycles. The normalized spacial score (nSPS) is 12.1. The largest absolute Gasteiger partial charge is 0.462 e. The molecule has 0 N–H and O–H groups in total. The van der Waals surface area contributed by atoms with Gasteiger partial charge in [-0.05, 0) is 64.2 Å². The number of hydrogen-bond acceptors (Lipinski definition) is 6. The van der Waals surface area contributed by atoms with Crippen molar-refractivity contribution in [2.24, 2.45) is 0 Å². The van der Waals surface area contributed by atoms with Gasteiger partial charge in [0.25, 0.3) is 0 Å². The van der Waals surface area contributed by atoms with Crippen molar-refractivity contribution in [3.8, 4) is 0 Å². The molecular formula is C45H82O6. The van der Waals surface area contributed by atoms with Crippen molar-refractivity contribution < 1.29 is 28.6 Å². The van der Waals surface area contributed by atoms with Gasteiger partial charge in [-0.1, -0.05) is 167 Å². The van der Waals surface area contributed by atoms with E-state index in [4.69, 9.17) is 14.2 Å². The molecule has 0 rings (SSSR count). The number of ether oxygens (including phenoxy) is 3. The minimum absolute atomic E-state index is 0.0752. The summed E-state index contributed by atoms with van der Waals surface area (Å²) in [5, 5.41) is 0. The van der Waals surface area contributed by atoms with Gasteiger partial charge in [0.05, 0.1) is 0 Å². The second kappa shape index (κ2) is 40.7. The van der Waals surface area contributed by atoms with E-state index in [9.17, 15) is 14.4 Å². The molecule has 0 aromatic rings. The molecule has 0 bridgehead atoms. The van der Waals surface area contributed by atoms with E-state index in [0.29, 0.717) is 19.3 Å². The van der Waals surface area contributed by atoms with Crippen LogP contribution in [0.2, 0.25) is 0 Å². The van der Waals surface area contributed by atoms with E-state index in [-0.39, 0.29) is 31.1 Å². The van der Waals surface area contributed by atoms with Gasteiger partial charge >= 0.3 is 17.9 Å². The topological polar surface area (TPSA) is 78.9 Å². The second-order valence-electron chi connectivity index (χ2n) is 14.6. The smallest absolute Gasteiger partial charge is 0.306 e. The Morgan fingerprint density at radius 3 is 1.06 bits per heavy atom. The molecule has 0 fully saturated rings. The molecule has 6 heteroatoms. The zero-order valence-electron chi connectivity index (χ0n) is 33.9. The molecule has 1 atom stereocenters. The van der Waals surface area contributed by atoms with Crippen LogP contribution in [-0.2, 0) is 28.6 Å². The minimum atomic E-state index is -0.771. The van der Waals surface area contributed by atoms with Crippen molar-refractivity contribution in [2.75, 3.05) is 13.2 Å². The Morgan fingerprint density at radius 2 is 0.667 bits per heavy atom. The first-order valence-electron chi connectivity index (χ1n) is 21.8. The quantitative estimate of drug-likeness (QED) is 0.0272. The predicted molar refractivity (Wildman–Crippen MR) is 215 cm³/mol. The molecule has 298 valence electrons. The Kier molecular flexibility index (Phi) is 39.0. The van der Waals surface area contributed by atoms with E-state index in [1.807, 2.05) is 0 Å². The highest BCUT2D eigenvalue weighted by Crippen LogP contribution is 2.14. The van der Waals surface area contributed by atoms with Gasteiger partial charge in [-0.15, -0.1) is 0 Å². The lowest BCUT2D eigenvalue weighted by Gasteiger charge is -2.18. The van der Waals surface area contributed by atoms with Crippen LogP contribution in [0.1, 0.15) is 226 Å². The van der Waals surface area contributed by atoms with Gasteiger partial charge in [0.15, 0.2) is 6.10 Å². The van der Waals surface area contributed by atoms with Crippen LogP contribution in [0, 0.1) is 0 Å². The summed E-state index contributed by atoms with van der Waals surface area (Å²) in [6.07, 6.45) is 43.0. The van der Waals surface area contributed by atoms with Crippen LogP contribution in [0.5, 0.6) is 0 Å². The molecule has 0 aliphatic heterocycles. The Morgan fingerprint density at radius 1 is 0.373 bits per heavy atom. The average molecular weight is 719 g/mol. The SMILES string of the molecule is CCCC/C=C/CCCCCCCC(=O)O[C@@H](COC(=O)CCCCCCC/C=C/CCCCCC)COC(=O)CCCCCCCCCCC. The number of carbonyl (C=O) groups excluding carboxylic acids is 3. The summed E-state index contributed by atoms with van der Waals surface area (Å²) in [7, 11) is 0. The van der Waals surface area contributed by atoms with Crippen molar-refractivity contribution in [2.45, 2.75) is 232 Å². The third-order valence-electron chi connectivity index (χ3n) is 9.43.